The van der Waals surface area contributed by atoms with Gasteiger partial charge in [-0.05, 0) is 18.6 Å². The molecule has 5 heteroatoms. The van der Waals surface area contributed by atoms with Gasteiger partial charge in [-0.2, -0.15) is 0 Å². The molecule has 2 bridgehead atoms. The lowest BCUT2D eigenvalue weighted by Crippen LogP contribution is -2.55. The number of quaternary nitrogens is 1. The maximum atomic E-state index is 13.5. The minimum absolute atomic E-state index is 0.0414. The SMILES string of the molecule is C[N+]1(Cc2cc(F)ccc2[N+](=O)[O-])C2C[CH]CC1CC2. The van der Waals surface area contributed by atoms with Crippen molar-refractivity contribution >= 4 is 5.69 Å². The summed E-state index contributed by atoms with van der Waals surface area (Å²) in [5.41, 5.74) is 0.566. The molecule has 0 saturated carbocycles. The number of nitro groups is 1. The van der Waals surface area contributed by atoms with Gasteiger partial charge in [-0.3, -0.25) is 10.1 Å². The number of piperidine rings is 1. The van der Waals surface area contributed by atoms with Crippen LogP contribution in [-0.4, -0.2) is 28.5 Å². The summed E-state index contributed by atoms with van der Waals surface area (Å²) in [7, 11) is 2.17. The molecule has 1 aromatic rings. The third-order valence-electron chi connectivity index (χ3n) is 5.13. The molecule has 2 saturated heterocycles. The van der Waals surface area contributed by atoms with Crippen LogP contribution in [0.1, 0.15) is 31.2 Å². The van der Waals surface area contributed by atoms with Crippen LogP contribution in [0.3, 0.4) is 0 Å². The highest BCUT2D eigenvalue weighted by Gasteiger charge is 2.49. The van der Waals surface area contributed by atoms with Crippen LogP contribution in [0, 0.1) is 22.4 Å². The molecule has 2 atom stereocenters. The van der Waals surface area contributed by atoms with Crippen molar-refractivity contribution in [2.45, 2.75) is 44.3 Å². The Morgan fingerprint density at radius 2 is 2.00 bits per heavy atom. The first-order valence-corrected chi connectivity index (χ1v) is 7.10. The summed E-state index contributed by atoms with van der Waals surface area (Å²) in [5.74, 6) is -0.395. The molecule has 0 aliphatic carbocycles. The third kappa shape index (κ3) is 2.10. The molecule has 1 aromatic carbocycles. The van der Waals surface area contributed by atoms with Gasteiger partial charge in [0.05, 0.1) is 29.6 Å². The number of fused-ring (bicyclic) bond motifs is 2. The maximum Gasteiger partial charge on any atom is 0.278 e. The van der Waals surface area contributed by atoms with Gasteiger partial charge in [0.2, 0.25) is 0 Å². The fraction of sp³-hybridized carbons (Fsp3) is 0.533. The van der Waals surface area contributed by atoms with Gasteiger partial charge >= 0.3 is 0 Å². The monoisotopic (exact) mass is 278 g/mol. The molecule has 1 radical (unpaired) electrons. The standard InChI is InChI=1S/C15H19FN2O2/c1-18(13-3-2-4-14(18)7-6-13)10-11-9-12(16)5-8-15(11)17(19)20/h2,5,8-9,13-14H,3-4,6-7,10H2,1H3/q+1. The molecule has 0 amide bonds. The lowest BCUT2D eigenvalue weighted by atomic mass is 9.98. The van der Waals surface area contributed by atoms with E-state index in [4.69, 9.17) is 0 Å². The van der Waals surface area contributed by atoms with Gasteiger partial charge in [0.1, 0.15) is 12.4 Å². The predicted molar refractivity (Wildman–Crippen MR) is 73.3 cm³/mol. The average Bonchev–Trinajstić information content (AvgIpc) is 2.58. The second-order valence-electron chi connectivity index (χ2n) is 6.18. The minimum atomic E-state index is -0.404. The lowest BCUT2D eigenvalue weighted by molar-refractivity contribution is -0.959. The van der Waals surface area contributed by atoms with Crippen LogP contribution in [0.25, 0.3) is 0 Å². The van der Waals surface area contributed by atoms with Gasteiger partial charge in [-0.1, -0.05) is 0 Å². The van der Waals surface area contributed by atoms with E-state index in [1.54, 1.807) is 0 Å². The van der Waals surface area contributed by atoms with E-state index in [9.17, 15) is 14.5 Å². The summed E-state index contributed by atoms with van der Waals surface area (Å²) in [6.07, 6.45) is 6.80. The zero-order valence-electron chi connectivity index (χ0n) is 11.6. The molecule has 2 aliphatic rings. The highest BCUT2D eigenvalue weighted by Crippen LogP contribution is 2.42. The molecule has 2 fully saturated rings. The van der Waals surface area contributed by atoms with E-state index in [-0.39, 0.29) is 5.69 Å². The maximum absolute atomic E-state index is 13.5. The van der Waals surface area contributed by atoms with Gasteiger partial charge in [0, 0.05) is 31.7 Å². The number of nitrogens with zero attached hydrogens (tertiary/aromatic N) is 2. The van der Waals surface area contributed by atoms with Gasteiger partial charge in [-0.25, -0.2) is 4.39 Å². The van der Waals surface area contributed by atoms with Crippen molar-refractivity contribution < 1.29 is 13.8 Å². The molecule has 107 valence electrons. The number of benzene rings is 1. The Balaban J connectivity index is 1.95. The van der Waals surface area contributed by atoms with Crippen LogP contribution in [0.15, 0.2) is 18.2 Å². The van der Waals surface area contributed by atoms with Crippen LogP contribution in [0.5, 0.6) is 0 Å². The van der Waals surface area contributed by atoms with Crippen molar-refractivity contribution in [2.24, 2.45) is 0 Å². The Morgan fingerprint density at radius 1 is 1.35 bits per heavy atom. The Morgan fingerprint density at radius 3 is 2.60 bits per heavy atom. The lowest BCUT2D eigenvalue weighted by Gasteiger charge is -2.44. The Kier molecular flexibility index (Phi) is 3.24. The van der Waals surface area contributed by atoms with E-state index in [0.29, 0.717) is 24.2 Å². The highest BCUT2D eigenvalue weighted by molar-refractivity contribution is 5.39. The predicted octanol–water partition coefficient (Wildman–Crippen LogP) is 3.21. The van der Waals surface area contributed by atoms with E-state index in [1.165, 1.54) is 31.0 Å². The summed E-state index contributed by atoms with van der Waals surface area (Å²) in [4.78, 5) is 10.7. The van der Waals surface area contributed by atoms with Crippen LogP contribution in [0.4, 0.5) is 10.1 Å². The fourth-order valence-electron chi connectivity index (χ4n) is 3.96. The van der Waals surface area contributed by atoms with Crippen molar-refractivity contribution in [1.82, 2.24) is 0 Å². The molecular weight excluding hydrogens is 259 g/mol. The van der Waals surface area contributed by atoms with Gasteiger partial charge in [0.25, 0.3) is 5.69 Å². The molecular formula is C15H19FN2O2+. The van der Waals surface area contributed by atoms with Crippen molar-refractivity contribution in [1.29, 1.82) is 0 Å². The smallest absolute Gasteiger partial charge is 0.278 e. The van der Waals surface area contributed by atoms with E-state index in [2.05, 4.69) is 13.5 Å². The Bertz CT molecular complexity index is 531. The quantitative estimate of drug-likeness (QED) is 0.484. The first-order valence-electron chi connectivity index (χ1n) is 7.10. The molecule has 3 rings (SSSR count). The van der Waals surface area contributed by atoms with Gasteiger partial charge in [0.15, 0.2) is 0 Å². The largest absolute Gasteiger partial charge is 0.317 e. The average molecular weight is 278 g/mol. The molecule has 0 N–H and O–H groups in total. The van der Waals surface area contributed by atoms with Crippen LogP contribution in [-0.2, 0) is 6.54 Å². The minimum Gasteiger partial charge on any atom is -0.317 e. The van der Waals surface area contributed by atoms with E-state index >= 15 is 0 Å². The normalized spacial score (nSPS) is 32.3. The summed E-state index contributed by atoms with van der Waals surface area (Å²) >= 11 is 0. The van der Waals surface area contributed by atoms with Crippen molar-refractivity contribution in [3.05, 3.63) is 46.1 Å². The number of halogens is 1. The topological polar surface area (TPSA) is 43.1 Å². The number of hydrogen-bond acceptors (Lipinski definition) is 2. The second-order valence-corrected chi connectivity index (χ2v) is 6.18. The molecule has 0 aromatic heterocycles. The van der Waals surface area contributed by atoms with Crippen molar-refractivity contribution in [3.8, 4) is 0 Å². The first kappa shape index (κ1) is 13.5. The van der Waals surface area contributed by atoms with Crippen LogP contribution >= 0.6 is 0 Å². The van der Waals surface area contributed by atoms with Crippen molar-refractivity contribution in [3.63, 3.8) is 0 Å². The second kappa shape index (κ2) is 4.81. The van der Waals surface area contributed by atoms with E-state index in [1.807, 2.05) is 0 Å². The number of nitro benzene ring substituents is 1. The molecule has 2 heterocycles. The number of hydrogen-bond donors (Lipinski definition) is 0. The Labute approximate surface area is 117 Å². The van der Waals surface area contributed by atoms with E-state index < -0.39 is 10.7 Å². The summed E-state index contributed by atoms with van der Waals surface area (Å²) in [5, 5.41) is 11.1. The zero-order valence-corrected chi connectivity index (χ0v) is 11.6. The number of rotatable bonds is 3. The van der Waals surface area contributed by atoms with E-state index in [0.717, 1.165) is 17.3 Å². The van der Waals surface area contributed by atoms with Crippen molar-refractivity contribution in [2.75, 3.05) is 7.05 Å². The summed E-state index contributed by atoms with van der Waals surface area (Å²) in [6, 6.07) is 4.84. The van der Waals surface area contributed by atoms with Gasteiger partial charge in [-0.15, -0.1) is 0 Å². The first-order chi connectivity index (χ1) is 9.50. The fourth-order valence-corrected chi connectivity index (χ4v) is 3.96. The third-order valence-corrected chi connectivity index (χ3v) is 5.13. The zero-order chi connectivity index (χ0) is 14.3. The summed E-state index contributed by atoms with van der Waals surface area (Å²) < 4.78 is 14.3. The molecule has 2 unspecified atom stereocenters. The van der Waals surface area contributed by atoms with Gasteiger partial charge < -0.3 is 4.48 Å². The van der Waals surface area contributed by atoms with Crippen LogP contribution < -0.4 is 0 Å². The molecule has 0 spiro atoms. The molecule has 4 nitrogen and oxygen atoms in total. The Hall–Kier alpha value is -1.49. The highest BCUT2D eigenvalue weighted by atomic mass is 19.1. The van der Waals surface area contributed by atoms with Crippen LogP contribution in [0.2, 0.25) is 0 Å². The molecule has 2 aliphatic heterocycles. The molecule has 20 heavy (non-hydrogen) atoms. The summed E-state index contributed by atoms with van der Waals surface area (Å²) in [6.45, 7) is 0.553.